The number of carbonyl (C=O) groups excluding carboxylic acids is 1. The van der Waals surface area contributed by atoms with Crippen LogP contribution in [-0.4, -0.2) is 37.4 Å². The maximum absolute atomic E-state index is 11.9. The van der Waals surface area contributed by atoms with Crippen LogP contribution in [0.25, 0.3) is 0 Å². The number of nitrogens with two attached hydrogens (primary N) is 1. The Morgan fingerprint density at radius 2 is 2.22 bits per heavy atom. The summed E-state index contributed by atoms with van der Waals surface area (Å²) < 4.78 is 5.82. The van der Waals surface area contributed by atoms with E-state index in [1.165, 1.54) is 0 Å². The van der Waals surface area contributed by atoms with Gasteiger partial charge >= 0.3 is 0 Å². The molecular formula is C12H17BrN2O3. The van der Waals surface area contributed by atoms with E-state index in [0.29, 0.717) is 24.4 Å². The lowest BCUT2D eigenvalue weighted by Gasteiger charge is -2.10. The molecule has 1 rings (SSSR count). The second-order valence-corrected chi connectivity index (χ2v) is 4.68. The van der Waals surface area contributed by atoms with Crippen LogP contribution in [0.3, 0.4) is 0 Å². The van der Waals surface area contributed by atoms with E-state index in [1.807, 2.05) is 0 Å². The van der Waals surface area contributed by atoms with Crippen LogP contribution in [0, 0.1) is 6.92 Å². The predicted octanol–water partition coefficient (Wildman–Crippen LogP) is 1.08. The molecule has 0 aliphatic carbocycles. The third kappa shape index (κ3) is 4.29. The van der Waals surface area contributed by atoms with Crippen molar-refractivity contribution in [2.75, 3.05) is 32.1 Å². The number of aliphatic hydroxyl groups excluding tert-OH is 1. The summed E-state index contributed by atoms with van der Waals surface area (Å²) in [5.74, 6) is -0.187. The van der Waals surface area contributed by atoms with Gasteiger partial charge in [0.05, 0.1) is 19.8 Å². The van der Waals surface area contributed by atoms with Gasteiger partial charge in [-0.15, -0.1) is 0 Å². The Bertz CT molecular complexity index is 424. The lowest BCUT2D eigenvalue weighted by atomic mass is 10.1. The number of benzene rings is 1. The lowest BCUT2D eigenvalue weighted by molar-refractivity contribution is 0.0837. The normalized spacial score (nSPS) is 10.4. The predicted molar refractivity (Wildman–Crippen MR) is 73.5 cm³/mol. The average Bonchev–Trinajstić information content (AvgIpc) is 2.33. The van der Waals surface area contributed by atoms with Crippen molar-refractivity contribution < 1.29 is 14.6 Å². The minimum atomic E-state index is -0.187. The molecule has 4 N–H and O–H groups in total. The van der Waals surface area contributed by atoms with Gasteiger partial charge in [0, 0.05) is 22.3 Å². The molecule has 0 aliphatic heterocycles. The molecule has 6 heteroatoms. The van der Waals surface area contributed by atoms with Gasteiger partial charge in [0.25, 0.3) is 5.91 Å². The summed E-state index contributed by atoms with van der Waals surface area (Å²) in [6.45, 7) is 2.83. The van der Waals surface area contributed by atoms with Gasteiger partial charge in [0.15, 0.2) is 0 Å². The summed E-state index contributed by atoms with van der Waals surface area (Å²) >= 11 is 3.31. The van der Waals surface area contributed by atoms with Crippen LogP contribution < -0.4 is 11.1 Å². The maximum Gasteiger partial charge on any atom is 0.251 e. The Morgan fingerprint density at radius 1 is 1.50 bits per heavy atom. The molecule has 0 radical (unpaired) electrons. The molecule has 18 heavy (non-hydrogen) atoms. The molecule has 0 aromatic heterocycles. The summed E-state index contributed by atoms with van der Waals surface area (Å²) in [6.07, 6.45) is 0. The topological polar surface area (TPSA) is 84.6 Å². The number of rotatable bonds is 6. The van der Waals surface area contributed by atoms with Crippen molar-refractivity contribution in [3.63, 3.8) is 0 Å². The van der Waals surface area contributed by atoms with Crippen molar-refractivity contribution in [1.29, 1.82) is 0 Å². The van der Waals surface area contributed by atoms with E-state index in [0.717, 1.165) is 10.0 Å². The van der Waals surface area contributed by atoms with Gasteiger partial charge in [-0.2, -0.15) is 0 Å². The summed E-state index contributed by atoms with van der Waals surface area (Å²) in [5, 5.41) is 11.2. The fraction of sp³-hybridized carbons (Fsp3) is 0.417. The summed E-state index contributed by atoms with van der Waals surface area (Å²) in [7, 11) is 0. The van der Waals surface area contributed by atoms with Crippen LogP contribution in [0.1, 0.15) is 15.9 Å². The van der Waals surface area contributed by atoms with Gasteiger partial charge in [0.2, 0.25) is 0 Å². The van der Waals surface area contributed by atoms with Crippen LogP contribution in [-0.2, 0) is 4.74 Å². The van der Waals surface area contributed by atoms with Crippen molar-refractivity contribution in [3.05, 3.63) is 27.7 Å². The molecular weight excluding hydrogens is 300 g/mol. The van der Waals surface area contributed by atoms with Gasteiger partial charge < -0.3 is 20.9 Å². The van der Waals surface area contributed by atoms with Crippen LogP contribution in [0.15, 0.2) is 16.6 Å². The molecule has 1 aromatic rings. The van der Waals surface area contributed by atoms with Crippen molar-refractivity contribution >= 4 is 27.5 Å². The van der Waals surface area contributed by atoms with Gasteiger partial charge in [-0.05, 0) is 24.6 Å². The van der Waals surface area contributed by atoms with Crippen LogP contribution in [0.2, 0.25) is 0 Å². The Labute approximate surface area is 114 Å². The van der Waals surface area contributed by atoms with Gasteiger partial charge in [-0.3, -0.25) is 4.79 Å². The zero-order valence-corrected chi connectivity index (χ0v) is 11.8. The van der Waals surface area contributed by atoms with Crippen molar-refractivity contribution in [3.8, 4) is 0 Å². The highest BCUT2D eigenvalue weighted by Crippen LogP contribution is 2.22. The number of aliphatic hydroxyl groups is 1. The fourth-order valence-corrected chi connectivity index (χ4v) is 1.91. The standard InChI is InChI=1S/C12H17BrN2O3/c1-8-10(6-9(13)7-11(8)14)12(17)15-2-4-18-5-3-16/h6-7,16H,2-5,14H2,1H3,(H,15,17). The highest BCUT2D eigenvalue weighted by Gasteiger charge is 2.11. The molecule has 1 aromatic carbocycles. The molecule has 0 aliphatic rings. The summed E-state index contributed by atoms with van der Waals surface area (Å²) in [6, 6.07) is 3.49. The number of amides is 1. The molecule has 0 heterocycles. The first-order chi connectivity index (χ1) is 8.56. The SMILES string of the molecule is Cc1c(N)cc(Br)cc1C(=O)NCCOCCO. The van der Waals surface area contributed by atoms with Crippen LogP contribution >= 0.6 is 15.9 Å². The fourth-order valence-electron chi connectivity index (χ4n) is 1.43. The second kappa shape index (κ2) is 7.35. The van der Waals surface area contributed by atoms with Crippen LogP contribution in [0.4, 0.5) is 5.69 Å². The molecule has 0 atom stereocenters. The zero-order chi connectivity index (χ0) is 13.5. The van der Waals surface area contributed by atoms with E-state index in [4.69, 9.17) is 15.6 Å². The largest absolute Gasteiger partial charge is 0.398 e. The first-order valence-corrected chi connectivity index (χ1v) is 6.38. The third-order valence-electron chi connectivity index (χ3n) is 2.42. The van der Waals surface area contributed by atoms with E-state index < -0.39 is 0 Å². The quantitative estimate of drug-likeness (QED) is 0.541. The van der Waals surface area contributed by atoms with E-state index in [2.05, 4.69) is 21.2 Å². The number of hydrogen-bond donors (Lipinski definition) is 3. The zero-order valence-electron chi connectivity index (χ0n) is 10.2. The molecule has 0 saturated carbocycles. The number of hydrogen-bond acceptors (Lipinski definition) is 4. The smallest absolute Gasteiger partial charge is 0.251 e. The first-order valence-electron chi connectivity index (χ1n) is 5.58. The van der Waals surface area contributed by atoms with Crippen LogP contribution in [0.5, 0.6) is 0 Å². The number of carbonyl (C=O) groups is 1. The van der Waals surface area contributed by atoms with Gasteiger partial charge in [0.1, 0.15) is 0 Å². The molecule has 0 saturated heterocycles. The van der Waals surface area contributed by atoms with Crippen molar-refractivity contribution in [2.45, 2.75) is 6.92 Å². The molecule has 1 amide bonds. The highest BCUT2D eigenvalue weighted by molar-refractivity contribution is 9.10. The van der Waals surface area contributed by atoms with Gasteiger partial charge in [-0.1, -0.05) is 15.9 Å². The molecule has 0 fully saturated rings. The second-order valence-electron chi connectivity index (χ2n) is 3.76. The Hall–Kier alpha value is -1.11. The summed E-state index contributed by atoms with van der Waals surface area (Å²) in [5.41, 5.74) is 7.67. The first kappa shape index (κ1) is 14.9. The molecule has 0 spiro atoms. The molecule has 0 bridgehead atoms. The van der Waals surface area contributed by atoms with E-state index >= 15 is 0 Å². The van der Waals surface area contributed by atoms with E-state index in [9.17, 15) is 4.79 Å². The minimum absolute atomic E-state index is 0.0186. The monoisotopic (exact) mass is 316 g/mol. The Balaban J connectivity index is 2.56. The van der Waals surface area contributed by atoms with Gasteiger partial charge in [-0.25, -0.2) is 0 Å². The Kier molecular flexibility index (Phi) is 6.11. The number of ether oxygens (including phenoxy) is 1. The van der Waals surface area contributed by atoms with Crippen molar-refractivity contribution in [1.82, 2.24) is 5.32 Å². The van der Waals surface area contributed by atoms with Crippen molar-refractivity contribution in [2.24, 2.45) is 0 Å². The number of nitrogens with one attached hydrogen (secondary N) is 1. The average molecular weight is 317 g/mol. The molecule has 100 valence electrons. The highest BCUT2D eigenvalue weighted by atomic mass is 79.9. The van der Waals surface area contributed by atoms with E-state index in [1.54, 1.807) is 19.1 Å². The number of nitrogen functional groups attached to an aromatic ring is 1. The third-order valence-corrected chi connectivity index (χ3v) is 2.88. The number of halogens is 1. The molecule has 5 nitrogen and oxygen atoms in total. The Morgan fingerprint density at radius 3 is 2.89 bits per heavy atom. The van der Waals surface area contributed by atoms with E-state index in [-0.39, 0.29) is 19.1 Å². The lowest BCUT2D eigenvalue weighted by Crippen LogP contribution is -2.28. The molecule has 0 unspecified atom stereocenters. The minimum Gasteiger partial charge on any atom is -0.398 e. The number of anilines is 1. The summed E-state index contributed by atoms with van der Waals surface area (Å²) in [4.78, 5) is 11.9. The maximum atomic E-state index is 11.9.